The third kappa shape index (κ3) is 3.65. The molecule has 2 aromatic heterocycles. The Morgan fingerprint density at radius 1 is 1.18 bits per heavy atom. The second-order valence-electron chi connectivity index (χ2n) is 8.68. The Morgan fingerprint density at radius 3 is 2.76 bits per heavy atom. The number of piperidine rings is 1. The highest BCUT2D eigenvalue weighted by Gasteiger charge is 2.39. The van der Waals surface area contributed by atoms with E-state index in [9.17, 15) is 19.2 Å². The van der Waals surface area contributed by atoms with Crippen LogP contribution in [-0.2, 0) is 16.1 Å². The number of carbonyl (C=O) groups is 4. The highest BCUT2D eigenvalue weighted by atomic mass is 16.2. The molecule has 5 rings (SSSR count). The molecular weight excluding hydrogens is 422 g/mol. The zero-order chi connectivity index (χ0) is 23.3. The molecule has 2 N–H and O–H groups in total. The van der Waals surface area contributed by atoms with Gasteiger partial charge in [-0.1, -0.05) is 0 Å². The average molecular weight is 445 g/mol. The molecule has 1 atom stereocenters. The van der Waals surface area contributed by atoms with Gasteiger partial charge in [-0.3, -0.25) is 24.5 Å². The molecule has 0 aliphatic carbocycles. The van der Waals surface area contributed by atoms with Gasteiger partial charge in [-0.2, -0.15) is 0 Å². The molecular formula is C24H23N5O4. The van der Waals surface area contributed by atoms with Gasteiger partial charge in [0.1, 0.15) is 11.7 Å². The summed E-state index contributed by atoms with van der Waals surface area (Å²) in [5.74, 6) is -1.36. The summed E-state index contributed by atoms with van der Waals surface area (Å²) in [6, 6.07) is 8.32. The number of imide groups is 1. The molecule has 9 nitrogen and oxygen atoms in total. The fourth-order valence-electron chi connectivity index (χ4n) is 4.45. The minimum atomic E-state index is -0.684. The van der Waals surface area contributed by atoms with Crippen molar-refractivity contribution in [1.82, 2.24) is 19.8 Å². The largest absolute Gasteiger partial charge is 0.330 e. The number of nitrogens with zero attached hydrogens (tertiary/aromatic N) is 3. The van der Waals surface area contributed by atoms with Crippen LogP contribution in [0.5, 0.6) is 0 Å². The molecule has 3 aromatic rings. The van der Waals surface area contributed by atoms with Crippen LogP contribution < -0.4 is 10.6 Å². The lowest BCUT2D eigenvalue weighted by molar-refractivity contribution is -0.136. The number of nitrogens with one attached hydrogen (secondary N) is 2. The summed E-state index contributed by atoms with van der Waals surface area (Å²) in [6.07, 6.45) is 4.09. The minimum Gasteiger partial charge on any atom is -0.330 e. The first-order valence-electron chi connectivity index (χ1n) is 10.9. The van der Waals surface area contributed by atoms with Gasteiger partial charge in [0.05, 0.1) is 11.9 Å². The maximum atomic E-state index is 12.9. The molecule has 1 unspecified atom stereocenters. The molecule has 4 heterocycles. The van der Waals surface area contributed by atoms with E-state index in [0.29, 0.717) is 28.8 Å². The summed E-state index contributed by atoms with van der Waals surface area (Å²) in [6.45, 7) is 4.38. The van der Waals surface area contributed by atoms with Gasteiger partial charge in [0, 0.05) is 41.7 Å². The van der Waals surface area contributed by atoms with E-state index in [4.69, 9.17) is 0 Å². The van der Waals surface area contributed by atoms with Crippen molar-refractivity contribution in [3.8, 4) is 0 Å². The molecule has 2 aliphatic rings. The topological polar surface area (TPSA) is 113 Å². The van der Waals surface area contributed by atoms with Crippen molar-refractivity contribution in [2.45, 2.75) is 45.3 Å². The quantitative estimate of drug-likeness (QED) is 0.600. The first-order valence-corrected chi connectivity index (χ1v) is 10.9. The second-order valence-corrected chi connectivity index (χ2v) is 8.68. The maximum Gasteiger partial charge on any atom is 0.255 e. The van der Waals surface area contributed by atoms with E-state index in [0.717, 1.165) is 11.0 Å². The normalized spacial score (nSPS) is 18.1. The monoisotopic (exact) mass is 445 g/mol. The number of carbonyl (C=O) groups excluding carboxylic acids is 4. The maximum absolute atomic E-state index is 12.9. The molecule has 9 heteroatoms. The standard InChI is InChI=1S/C24H23N5O4/c1-13(2)28-8-7-14-10-17(11-25-21(14)28)26-22(31)15-3-4-18-16(9-15)12-29(24(18)33)19-5-6-20(30)27-23(19)32/h3-4,7-11,13,19H,5-6,12H2,1-2H3,(H,26,31)(H,27,30,32). The van der Waals surface area contributed by atoms with Crippen LogP contribution in [0.25, 0.3) is 11.0 Å². The summed E-state index contributed by atoms with van der Waals surface area (Å²) < 4.78 is 2.06. The number of rotatable bonds is 4. The van der Waals surface area contributed by atoms with Crippen molar-refractivity contribution in [2.24, 2.45) is 0 Å². The van der Waals surface area contributed by atoms with Gasteiger partial charge in [0.25, 0.3) is 11.8 Å². The number of fused-ring (bicyclic) bond motifs is 2. The third-order valence-electron chi connectivity index (χ3n) is 6.15. The zero-order valence-electron chi connectivity index (χ0n) is 18.3. The Labute approximate surface area is 189 Å². The van der Waals surface area contributed by atoms with Crippen LogP contribution in [0.4, 0.5) is 5.69 Å². The molecule has 0 bridgehead atoms. The number of aromatic nitrogens is 2. The van der Waals surface area contributed by atoms with Crippen LogP contribution in [0.3, 0.4) is 0 Å². The summed E-state index contributed by atoms with van der Waals surface area (Å²) in [7, 11) is 0. The van der Waals surface area contributed by atoms with Gasteiger partial charge in [0.2, 0.25) is 11.8 Å². The van der Waals surface area contributed by atoms with Crippen LogP contribution >= 0.6 is 0 Å². The fraction of sp³-hybridized carbons (Fsp3) is 0.292. The van der Waals surface area contributed by atoms with Crippen molar-refractivity contribution in [1.29, 1.82) is 0 Å². The number of amides is 4. The Hall–Kier alpha value is -4.01. The molecule has 0 spiro atoms. The Bertz CT molecular complexity index is 1330. The van der Waals surface area contributed by atoms with Gasteiger partial charge in [0.15, 0.2) is 0 Å². The Kier molecular flexibility index (Phi) is 4.96. The molecule has 2 aliphatic heterocycles. The van der Waals surface area contributed by atoms with Crippen LogP contribution in [0.15, 0.2) is 42.7 Å². The van der Waals surface area contributed by atoms with E-state index in [-0.39, 0.29) is 36.7 Å². The third-order valence-corrected chi connectivity index (χ3v) is 6.15. The predicted octanol–water partition coefficient (Wildman–Crippen LogP) is 2.63. The fourth-order valence-corrected chi connectivity index (χ4v) is 4.45. The average Bonchev–Trinajstić information content (AvgIpc) is 3.34. The van der Waals surface area contributed by atoms with E-state index in [1.54, 1.807) is 24.4 Å². The number of anilines is 1. The van der Waals surface area contributed by atoms with Gasteiger partial charge < -0.3 is 14.8 Å². The molecule has 1 fully saturated rings. The Balaban J connectivity index is 1.33. The van der Waals surface area contributed by atoms with Crippen molar-refractivity contribution >= 4 is 40.3 Å². The lowest BCUT2D eigenvalue weighted by Gasteiger charge is -2.29. The molecule has 0 radical (unpaired) electrons. The van der Waals surface area contributed by atoms with Crippen LogP contribution in [0.2, 0.25) is 0 Å². The molecule has 33 heavy (non-hydrogen) atoms. The van der Waals surface area contributed by atoms with Crippen molar-refractivity contribution in [2.75, 3.05) is 5.32 Å². The highest BCUT2D eigenvalue weighted by molar-refractivity contribution is 6.08. The smallest absolute Gasteiger partial charge is 0.255 e. The molecule has 1 aromatic carbocycles. The minimum absolute atomic E-state index is 0.198. The van der Waals surface area contributed by atoms with E-state index in [1.165, 1.54) is 4.90 Å². The number of hydrogen-bond donors (Lipinski definition) is 2. The predicted molar refractivity (Wildman–Crippen MR) is 121 cm³/mol. The lowest BCUT2D eigenvalue weighted by Crippen LogP contribution is -2.52. The van der Waals surface area contributed by atoms with Gasteiger partial charge in [-0.25, -0.2) is 4.98 Å². The first kappa shape index (κ1) is 20.9. The second kappa shape index (κ2) is 7.84. The van der Waals surface area contributed by atoms with Crippen molar-refractivity contribution < 1.29 is 19.2 Å². The molecule has 0 saturated carbocycles. The SMILES string of the molecule is CC(C)n1ccc2cc(NC(=O)c3ccc4c(c3)CN(C3CCC(=O)NC3=O)C4=O)cnc21. The zero-order valence-corrected chi connectivity index (χ0v) is 18.3. The highest BCUT2D eigenvalue weighted by Crippen LogP contribution is 2.28. The lowest BCUT2D eigenvalue weighted by atomic mass is 10.0. The van der Waals surface area contributed by atoms with Gasteiger partial charge in [-0.05, 0) is 56.2 Å². The number of hydrogen-bond acceptors (Lipinski definition) is 5. The van der Waals surface area contributed by atoms with Crippen molar-refractivity contribution in [3.63, 3.8) is 0 Å². The van der Waals surface area contributed by atoms with Gasteiger partial charge >= 0.3 is 0 Å². The molecule has 1 saturated heterocycles. The number of pyridine rings is 1. The summed E-state index contributed by atoms with van der Waals surface area (Å²) in [5.41, 5.74) is 2.99. The van der Waals surface area contributed by atoms with Crippen LogP contribution in [0.1, 0.15) is 59.0 Å². The van der Waals surface area contributed by atoms with E-state index < -0.39 is 11.9 Å². The summed E-state index contributed by atoms with van der Waals surface area (Å²) in [5, 5.41) is 6.09. The van der Waals surface area contributed by atoms with Gasteiger partial charge in [-0.15, -0.1) is 0 Å². The van der Waals surface area contributed by atoms with E-state index in [1.807, 2.05) is 18.3 Å². The molecule has 168 valence electrons. The van der Waals surface area contributed by atoms with Crippen molar-refractivity contribution in [3.05, 3.63) is 59.4 Å². The summed E-state index contributed by atoms with van der Waals surface area (Å²) in [4.78, 5) is 55.3. The van der Waals surface area contributed by atoms with E-state index in [2.05, 4.69) is 34.0 Å². The first-order chi connectivity index (χ1) is 15.8. The van der Waals surface area contributed by atoms with E-state index >= 15 is 0 Å². The van der Waals surface area contributed by atoms with Crippen LogP contribution in [0, 0.1) is 0 Å². The summed E-state index contributed by atoms with van der Waals surface area (Å²) >= 11 is 0. The molecule has 4 amide bonds. The number of benzene rings is 1. The van der Waals surface area contributed by atoms with Crippen LogP contribution in [-0.4, -0.2) is 44.1 Å². The Morgan fingerprint density at radius 2 is 2.00 bits per heavy atom.